The number of rotatable bonds is 5. The average molecular weight is 261 g/mol. The second-order valence-electron chi connectivity index (χ2n) is 3.96. The maximum absolute atomic E-state index is 11.6. The molecule has 6 heteroatoms. The third kappa shape index (κ3) is 3.54. The molecule has 0 atom stereocenters. The van der Waals surface area contributed by atoms with E-state index >= 15 is 0 Å². The molecule has 100 valence electrons. The van der Waals surface area contributed by atoms with Crippen LogP contribution in [-0.2, 0) is 20.7 Å². The lowest BCUT2D eigenvalue weighted by Gasteiger charge is -2.03. The summed E-state index contributed by atoms with van der Waals surface area (Å²) in [5, 5.41) is 2.50. The van der Waals surface area contributed by atoms with Gasteiger partial charge in [-0.05, 0) is 19.1 Å². The average Bonchev–Trinajstić information content (AvgIpc) is 2.78. The van der Waals surface area contributed by atoms with E-state index in [4.69, 9.17) is 4.74 Å². The van der Waals surface area contributed by atoms with Gasteiger partial charge in [0, 0.05) is 12.4 Å². The molecule has 2 rings (SSSR count). The van der Waals surface area contributed by atoms with Gasteiger partial charge in [0.2, 0.25) is 5.91 Å². The Morgan fingerprint density at radius 1 is 1.42 bits per heavy atom. The molecule has 0 unspecified atom stereocenters. The number of fused-ring (bicyclic) bond motifs is 1. The second-order valence-corrected chi connectivity index (χ2v) is 3.96. The van der Waals surface area contributed by atoms with Crippen LogP contribution in [0.4, 0.5) is 0 Å². The minimum atomic E-state index is -0.439. The highest BCUT2D eigenvalue weighted by Gasteiger charge is 2.09. The summed E-state index contributed by atoms with van der Waals surface area (Å²) in [6.45, 7) is 1.91. The highest BCUT2D eigenvalue weighted by Crippen LogP contribution is 2.04. The van der Waals surface area contributed by atoms with Crippen LogP contribution < -0.4 is 5.32 Å². The predicted octanol–water partition coefficient (Wildman–Crippen LogP) is 0.556. The number of pyridine rings is 1. The van der Waals surface area contributed by atoms with E-state index < -0.39 is 5.97 Å². The van der Waals surface area contributed by atoms with Gasteiger partial charge >= 0.3 is 5.97 Å². The van der Waals surface area contributed by atoms with Crippen molar-refractivity contribution in [2.75, 3.05) is 13.2 Å². The summed E-state index contributed by atoms with van der Waals surface area (Å²) in [4.78, 5) is 27.0. The molecule has 19 heavy (non-hydrogen) atoms. The van der Waals surface area contributed by atoms with Crippen molar-refractivity contribution in [3.63, 3.8) is 0 Å². The van der Waals surface area contributed by atoms with Crippen LogP contribution in [0.25, 0.3) is 5.65 Å². The molecule has 2 heterocycles. The molecule has 1 amide bonds. The lowest BCUT2D eigenvalue weighted by Crippen LogP contribution is -2.31. The van der Waals surface area contributed by atoms with E-state index in [1.54, 1.807) is 13.1 Å². The molecule has 0 spiro atoms. The Hall–Kier alpha value is -2.37. The van der Waals surface area contributed by atoms with Gasteiger partial charge in [0.1, 0.15) is 12.2 Å². The number of nitrogens with one attached hydrogen (secondary N) is 1. The molecule has 1 N–H and O–H groups in total. The number of hydrogen-bond acceptors (Lipinski definition) is 4. The zero-order chi connectivity index (χ0) is 13.7. The first-order valence-electron chi connectivity index (χ1n) is 6.04. The topological polar surface area (TPSA) is 72.7 Å². The summed E-state index contributed by atoms with van der Waals surface area (Å²) >= 11 is 0. The highest BCUT2D eigenvalue weighted by atomic mass is 16.5. The minimum absolute atomic E-state index is 0.111. The van der Waals surface area contributed by atoms with Crippen molar-refractivity contribution >= 4 is 17.5 Å². The molecule has 0 saturated carbocycles. The van der Waals surface area contributed by atoms with Crippen LogP contribution in [0, 0.1) is 0 Å². The number of imidazole rings is 1. The fourth-order valence-corrected chi connectivity index (χ4v) is 1.68. The van der Waals surface area contributed by atoms with Crippen molar-refractivity contribution in [1.29, 1.82) is 0 Å². The summed E-state index contributed by atoms with van der Waals surface area (Å²) in [5.74, 6) is -0.692. The first-order valence-corrected chi connectivity index (χ1v) is 6.04. The molecule has 6 nitrogen and oxygen atoms in total. The Kier molecular flexibility index (Phi) is 4.12. The number of esters is 1. The van der Waals surface area contributed by atoms with Crippen molar-refractivity contribution in [2.45, 2.75) is 13.3 Å². The molecule has 0 fully saturated rings. The summed E-state index contributed by atoms with van der Waals surface area (Å²) < 4.78 is 6.56. The van der Waals surface area contributed by atoms with E-state index in [0.29, 0.717) is 12.3 Å². The zero-order valence-electron chi connectivity index (χ0n) is 10.6. The molecule has 0 aliphatic heterocycles. The number of hydrogen-bond donors (Lipinski definition) is 1. The van der Waals surface area contributed by atoms with Crippen LogP contribution in [-0.4, -0.2) is 34.4 Å². The molecular weight excluding hydrogens is 246 g/mol. The Bertz CT molecular complexity index is 559. The van der Waals surface area contributed by atoms with Crippen LogP contribution in [0.5, 0.6) is 0 Å². The van der Waals surface area contributed by atoms with E-state index in [-0.39, 0.29) is 18.9 Å². The lowest BCUT2D eigenvalue weighted by atomic mass is 10.3. The number of amides is 1. The van der Waals surface area contributed by atoms with Gasteiger partial charge in [0.05, 0.1) is 18.7 Å². The normalized spacial score (nSPS) is 10.4. The Labute approximate surface area is 110 Å². The fraction of sp³-hybridized carbons (Fsp3) is 0.308. The maximum atomic E-state index is 11.6. The third-order valence-electron chi connectivity index (χ3n) is 2.49. The van der Waals surface area contributed by atoms with Crippen molar-refractivity contribution < 1.29 is 14.3 Å². The predicted molar refractivity (Wildman–Crippen MR) is 68.5 cm³/mol. The van der Waals surface area contributed by atoms with Crippen molar-refractivity contribution in [3.8, 4) is 0 Å². The number of aromatic nitrogens is 2. The van der Waals surface area contributed by atoms with Gasteiger partial charge in [-0.1, -0.05) is 6.07 Å². The largest absolute Gasteiger partial charge is 0.465 e. The molecule has 0 bridgehead atoms. The SMILES string of the molecule is CCOC(=O)CNC(=O)Cc1cn2ccccc2n1. The van der Waals surface area contributed by atoms with Crippen LogP contribution in [0.2, 0.25) is 0 Å². The molecule has 2 aromatic rings. The van der Waals surface area contributed by atoms with Gasteiger partial charge in [-0.25, -0.2) is 4.98 Å². The third-order valence-corrected chi connectivity index (χ3v) is 2.49. The fourth-order valence-electron chi connectivity index (χ4n) is 1.68. The van der Waals surface area contributed by atoms with Gasteiger partial charge in [-0.15, -0.1) is 0 Å². The summed E-state index contributed by atoms with van der Waals surface area (Å²) in [6, 6.07) is 5.63. The van der Waals surface area contributed by atoms with Gasteiger partial charge in [0.25, 0.3) is 0 Å². The van der Waals surface area contributed by atoms with Crippen LogP contribution in [0.3, 0.4) is 0 Å². The van der Waals surface area contributed by atoms with Gasteiger partial charge in [0.15, 0.2) is 0 Å². The number of ether oxygens (including phenoxy) is 1. The molecule has 0 aliphatic carbocycles. The monoisotopic (exact) mass is 261 g/mol. The quantitative estimate of drug-likeness (QED) is 0.798. The standard InChI is InChI=1S/C13H15N3O3/c1-2-19-13(18)8-14-12(17)7-10-9-16-6-4-3-5-11(16)15-10/h3-6,9H,2,7-8H2,1H3,(H,14,17). The Morgan fingerprint density at radius 2 is 2.26 bits per heavy atom. The molecular formula is C13H15N3O3. The maximum Gasteiger partial charge on any atom is 0.325 e. The Balaban J connectivity index is 1.90. The van der Waals surface area contributed by atoms with Crippen LogP contribution in [0.15, 0.2) is 30.6 Å². The smallest absolute Gasteiger partial charge is 0.325 e. The number of carbonyl (C=O) groups excluding carboxylic acids is 2. The highest BCUT2D eigenvalue weighted by molar-refractivity contribution is 5.83. The summed E-state index contributed by atoms with van der Waals surface area (Å²) in [6.07, 6.45) is 3.79. The van der Waals surface area contributed by atoms with E-state index in [1.165, 1.54) is 0 Å². The first-order chi connectivity index (χ1) is 9.19. The van der Waals surface area contributed by atoms with E-state index in [2.05, 4.69) is 10.3 Å². The van der Waals surface area contributed by atoms with Crippen molar-refractivity contribution in [2.24, 2.45) is 0 Å². The summed E-state index contributed by atoms with van der Waals surface area (Å²) in [5.41, 5.74) is 1.45. The molecule has 2 aromatic heterocycles. The minimum Gasteiger partial charge on any atom is -0.465 e. The summed E-state index contributed by atoms with van der Waals surface area (Å²) in [7, 11) is 0. The van der Waals surface area contributed by atoms with Crippen molar-refractivity contribution in [1.82, 2.24) is 14.7 Å². The molecule has 0 aromatic carbocycles. The first kappa shape index (κ1) is 13.1. The van der Waals surface area contributed by atoms with E-state index in [0.717, 1.165) is 5.65 Å². The van der Waals surface area contributed by atoms with Gasteiger partial charge in [-0.2, -0.15) is 0 Å². The van der Waals surface area contributed by atoms with Crippen molar-refractivity contribution in [3.05, 3.63) is 36.3 Å². The van der Waals surface area contributed by atoms with E-state index in [1.807, 2.05) is 28.8 Å². The zero-order valence-corrected chi connectivity index (χ0v) is 10.6. The molecule has 0 radical (unpaired) electrons. The van der Waals surface area contributed by atoms with Crippen LogP contribution >= 0.6 is 0 Å². The van der Waals surface area contributed by atoms with E-state index in [9.17, 15) is 9.59 Å². The van der Waals surface area contributed by atoms with Gasteiger partial charge < -0.3 is 14.5 Å². The lowest BCUT2D eigenvalue weighted by molar-refractivity contribution is -0.143. The molecule has 0 aliphatic rings. The van der Waals surface area contributed by atoms with Gasteiger partial charge in [-0.3, -0.25) is 9.59 Å². The Morgan fingerprint density at radius 3 is 3.00 bits per heavy atom. The second kappa shape index (κ2) is 5.99. The van der Waals surface area contributed by atoms with Crippen LogP contribution in [0.1, 0.15) is 12.6 Å². The number of nitrogens with zero attached hydrogens (tertiary/aromatic N) is 2. The number of carbonyl (C=O) groups is 2. The molecule has 0 saturated heterocycles.